The van der Waals surface area contributed by atoms with Gasteiger partial charge in [0.1, 0.15) is 5.52 Å². The number of benzene rings is 2. The van der Waals surface area contributed by atoms with E-state index in [-0.39, 0.29) is 17.9 Å². The number of carbonyl (C=O) groups is 1. The van der Waals surface area contributed by atoms with Crippen LogP contribution in [0.1, 0.15) is 47.5 Å². The first-order valence-corrected chi connectivity index (χ1v) is 11.1. The van der Waals surface area contributed by atoms with Crippen LogP contribution in [0.25, 0.3) is 22.5 Å². The molecular formula is C25H23ClN4O2. The molecule has 6 nitrogen and oxygen atoms in total. The zero-order valence-corrected chi connectivity index (χ0v) is 18.7. The molecule has 7 heteroatoms. The topological polar surface area (TPSA) is 72.1 Å². The van der Waals surface area contributed by atoms with Crippen LogP contribution in [0.2, 0.25) is 5.02 Å². The van der Waals surface area contributed by atoms with Gasteiger partial charge in [-0.3, -0.25) is 4.79 Å². The van der Waals surface area contributed by atoms with Crippen molar-refractivity contribution in [3.05, 3.63) is 76.9 Å². The van der Waals surface area contributed by atoms with Crippen molar-refractivity contribution in [2.45, 2.75) is 38.6 Å². The van der Waals surface area contributed by atoms with E-state index in [2.05, 4.69) is 21.9 Å². The van der Waals surface area contributed by atoms with Crippen LogP contribution >= 0.6 is 11.6 Å². The fraction of sp³-hybridized carbons (Fsp3) is 0.280. The van der Waals surface area contributed by atoms with Crippen LogP contribution in [0.3, 0.4) is 0 Å². The van der Waals surface area contributed by atoms with E-state index in [1.807, 2.05) is 42.2 Å². The number of oxazole rings is 1. The number of piperidine rings is 1. The van der Waals surface area contributed by atoms with Crippen LogP contribution in [0, 0.1) is 6.92 Å². The van der Waals surface area contributed by atoms with Gasteiger partial charge in [-0.05, 0) is 51.0 Å². The number of nitrogens with zero attached hydrogens (tertiary/aromatic N) is 4. The highest BCUT2D eigenvalue weighted by Gasteiger charge is 2.34. The second-order valence-corrected chi connectivity index (χ2v) is 8.75. The summed E-state index contributed by atoms with van der Waals surface area (Å²) < 4.78 is 6.02. The smallest absolute Gasteiger partial charge is 0.254 e. The van der Waals surface area contributed by atoms with Crippen LogP contribution in [-0.2, 0) is 0 Å². The third-order valence-corrected chi connectivity index (χ3v) is 6.40. The predicted octanol–water partition coefficient (Wildman–Crippen LogP) is 5.65. The van der Waals surface area contributed by atoms with Gasteiger partial charge in [-0.2, -0.15) is 0 Å². The molecule has 1 amide bonds. The number of likely N-dealkylation sites (tertiary alicyclic amines) is 1. The van der Waals surface area contributed by atoms with Gasteiger partial charge in [-0.15, -0.1) is 0 Å². The van der Waals surface area contributed by atoms with E-state index >= 15 is 0 Å². The van der Waals surface area contributed by atoms with E-state index in [0.29, 0.717) is 39.9 Å². The molecule has 2 aromatic carbocycles. The largest absolute Gasteiger partial charge is 0.440 e. The number of aryl methyl sites for hydroxylation is 1. The Morgan fingerprint density at radius 1 is 1.12 bits per heavy atom. The normalized spacial score (nSPS) is 18.8. The van der Waals surface area contributed by atoms with Crippen LogP contribution in [-0.4, -0.2) is 38.3 Å². The third kappa shape index (κ3) is 3.75. The van der Waals surface area contributed by atoms with Crippen molar-refractivity contribution in [2.24, 2.45) is 0 Å². The molecule has 5 rings (SSSR count). The predicted molar refractivity (Wildman–Crippen MR) is 124 cm³/mol. The molecule has 4 aromatic rings. The number of aromatic nitrogens is 3. The highest BCUT2D eigenvalue weighted by molar-refractivity contribution is 6.34. The molecule has 0 aliphatic carbocycles. The van der Waals surface area contributed by atoms with E-state index in [1.54, 1.807) is 24.5 Å². The second kappa shape index (κ2) is 8.36. The van der Waals surface area contributed by atoms with E-state index in [9.17, 15) is 4.79 Å². The van der Waals surface area contributed by atoms with E-state index in [0.717, 1.165) is 24.0 Å². The van der Waals surface area contributed by atoms with Crippen molar-refractivity contribution in [1.29, 1.82) is 0 Å². The first-order valence-electron chi connectivity index (χ1n) is 10.7. The first-order chi connectivity index (χ1) is 15.5. The minimum Gasteiger partial charge on any atom is -0.440 e. The lowest BCUT2D eigenvalue weighted by atomic mass is 9.92. The molecule has 0 bridgehead atoms. The first kappa shape index (κ1) is 20.6. The molecule has 2 aromatic heterocycles. The minimum absolute atomic E-state index is 0.0138. The second-order valence-electron chi connectivity index (χ2n) is 8.34. The Labute approximate surface area is 191 Å². The van der Waals surface area contributed by atoms with Crippen molar-refractivity contribution in [2.75, 3.05) is 6.54 Å². The maximum absolute atomic E-state index is 13.8. The summed E-state index contributed by atoms with van der Waals surface area (Å²) in [6.45, 7) is 4.61. The van der Waals surface area contributed by atoms with Gasteiger partial charge in [-0.25, -0.2) is 15.0 Å². The lowest BCUT2D eigenvalue weighted by molar-refractivity contribution is 0.0598. The SMILES string of the molecule is Cc1ccc(-c2ncccn2)c(C(=O)N2C[C@H](c3nc4c(Cl)cccc4o3)CC[C@H]2C)c1. The number of carbonyl (C=O) groups excluding carboxylic acids is 1. The Kier molecular flexibility index (Phi) is 5.39. The summed E-state index contributed by atoms with van der Waals surface area (Å²) in [5, 5.41) is 0.571. The highest BCUT2D eigenvalue weighted by atomic mass is 35.5. The molecule has 2 atom stereocenters. The summed E-state index contributed by atoms with van der Waals surface area (Å²) in [6, 6.07) is 13.2. The molecular weight excluding hydrogens is 424 g/mol. The Balaban J connectivity index is 1.48. The molecule has 0 saturated carbocycles. The molecule has 0 spiro atoms. The third-order valence-electron chi connectivity index (χ3n) is 6.09. The van der Waals surface area contributed by atoms with Crippen molar-refractivity contribution >= 4 is 28.6 Å². The number of amides is 1. The molecule has 0 N–H and O–H groups in total. The number of hydrogen-bond donors (Lipinski definition) is 0. The average Bonchev–Trinajstić information content (AvgIpc) is 3.25. The Morgan fingerprint density at radius 3 is 2.72 bits per heavy atom. The summed E-state index contributed by atoms with van der Waals surface area (Å²) in [7, 11) is 0. The highest BCUT2D eigenvalue weighted by Crippen LogP contribution is 2.34. The van der Waals surface area contributed by atoms with E-state index in [4.69, 9.17) is 16.0 Å². The van der Waals surface area contributed by atoms with Gasteiger partial charge in [0.15, 0.2) is 17.3 Å². The molecule has 1 aliphatic rings. The van der Waals surface area contributed by atoms with Crippen molar-refractivity contribution in [3.8, 4) is 11.4 Å². The van der Waals surface area contributed by atoms with Crippen molar-refractivity contribution < 1.29 is 9.21 Å². The lowest BCUT2D eigenvalue weighted by Gasteiger charge is -2.37. The van der Waals surface area contributed by atoms with Gasteiger partial charge >= 0.3 is 0 Å². The molecule has 3 heterocycles. The van der Waals surface area contributed by atoms with Crippen LogP contribution in [0.4, 0.5) is 0 Å². The van der Waals surface area contributed by atoms with Gasteiger partial charge in [0.2, 0.25) is 0 Å². The maximum atomic E-state index is 13.8. The van der Waals surface area contributed by atoms with E-state index in [1.165, 1.54) is 0 Å². The zero-order valence-electron chi connectivity index (χ0n) is 18.0. The van der Waals surface area contributed by atoms with Crippen LogP contribution in [0.15, 0.2) is 59.3 Å². The Morgan fingerprint density at radius 2 is 1.94 bits per heavy atom. The minimum atomic E-state index is -0.0255. The number of rotatable bonds is 3. The van der Waals surface area contributed by atoms with Gasteiger partial charge in [0, 0.05) is 30.5 Å². The van der Waals surface area contributed by atoms with Gasteiger partial charge in [-0.1, -0.05) is 35.4 Å². The molecule has 32 heavy (non-hydrogen) atoms. The van der Waals surface area contributed by atoms with Gasteiger partial charge in [0.05, 0.1) is 16.5 Å². The molecule has 1 fully saturated rings. The maximum Gasteiger partial charge on any atom is 0.254 e. The summed E-state index contributed by atoms with van der Waals surface area (Å²) in [5.74, 6) is 1.17. The van der Waals surface area contributed by atoms with Crippen LogP contribution in [0.5, 0.6) is 0 Å². The quantitative estimate of drug-likeness (QED) is 0.406. The number of halogens is 1. The van der Waals surface area contributed by atoms with Gasteiger partial charge in [0.25, 0.3) is 5.91 Å². The molecule has 0 unspecified atom stereocenters. The summed E-state index contributed by atoms with van der Waals surface area (Å²) in [5.41, 5.74) is 3.71. The summed E-state index contributed by atoms with van der Waals surface area (Å²) in [4.78, 5) is 29.1. The average molecular weight is 447 g/mol. The van der Waals surface area contributed by atoms with E-state index < -0.39 is 0 Å². The zero-order chi connectivity index (χ0) is 22.2. The standard InChI is InChI=1S/C25H23ClN4O2/c1-15-7-10-18(23-27-11-4-12-28-23)19(13-15)25(31)30-14-17(9-8-16(30)2)24-29-22-20(26)5-3-6-21(22)32-24/h3-7,10-13,16-17H,8-9,14H2,1-2H3/t16-,17-/m1/s1. The van der Waals surface area contributed by atoms with Crippen molar-refractivity contribution in [1.82, 2.24) is 19.9 Å². The summed E-state index contributed by atoms with van der Waals surface area (Å²) in [6.07, 6.45) is 5.15. The molecule has 1 saturated heterocycles. The van der Waals surface area contributed by atoms with Crippen molar-refractivity contribution in [3.63, 3.8) is 0 Å². The van der Waals surface area contributed by atoms with Crippen LogP contribution < -0.4 is 0 Å². The monoisotopic (exact) mass is 446 g/mol. The number of para-hydroxylation sites is 1. The lowest BCUT2D eigenvalue weighted by Crippen LogP contribution is -2.45. The molecule has 162 valence electrons. The number of fused-ring (bicyclic) bond motifs is 1. The fourth-order valence-corrected chi connectivity index (χ4v) is 4.53. The summed E-state index contributed by atoms with van der Waals surface area (Å²) >= 11 is 6.28. The Bertz CT molecular complexity index is 1290. The molecule has 1 aliphatic heterocycles. The van der Waals surface area contributed by atoms with Gasteiger partial charge < -0.3 is 9.32 Å². The fourth-order valence-electron chi connectivity index (χ4n) is 4.32. The number of hydrogen-bond acceptors (Lipinski definition) is 5. The Hall–Kier alpha value is -3.25. The molecule has 0 radical (unpaired) electrons.